The van der Waals surface area contributed by atoms with Crippen LogP contribution in [0.2, 0.25) is 0 Å². The highest BCUT2D eigenvalue weighted by atomic mass is 32.2. The Morgan fingerprint density at radius 1 is 0.919 bits per heavy atom. The highest BCUT2D eigenvalue weighted by molar-refractivity contribution is 7.90. The molecule has 3 aromatic carbocycles. The van der Waals surface area contributed by atoms with Crippen molar-refractivity contribution < 1.29 is 27.2 Å². The molecule has 6 nitrogen and oxygen atoms in total. The summed E-state index contributed by atoms with van der Waals surface area (Å²) >= 11 is 0. The molecule has 3 N–H and O–H groups in total. The van der Waals surface area contributed by atoms with Crippen molar-refractivity contribution in [2.75, 3.05) is 4.90 Å². The predicted molar refractivity (Wildman–Crippen MR) is 135 cm³/mol. The number of hydrogen-bond donors (Lipinski definition) is 3. The maximum atomic E-state index is 13.3. The Kier molecular flexibility index (Phi) is 6.91. The number of nitrogens with one attached hydrogen (secondary N) is 2. The molecular formula is C27H28F3N3O3S. The van der Waals surface area contributed by atoms with Gasteiger partial charge < -0.3 is 14.7 Å². The summed E-state index contributed by atoms with van der Waals surface area (Å²) < 4.78 is 65.8. The number of halogens is 3. The topological polar surface area (TPSA) is 85.7 Å². The van der Waals surface area contributed by atoms with Crippen LogP contribution in [-0.2, 0) is 22.8 Å². The highest BCUT2D eigenvalue weighted by Crippen LogP contribution is 2.41. The number of aliphatic hydroxyl groups is 1. The molecule has 0 spiro atoms. The van der Waals surface area contributed by atoms with Gasteiger partial charge in [-0.25, -0.2) is 13.7 Å². The summed E-state index contributed by atoms with van der Waals surface area (Å²) in [5.74, 6) is -0.456. The van der Waals surface area contributed by atoms with Crippen molar-refractivity contribution in [2.24, 2.45) is 0 Å². The van der Waals surface area contributed by atoms with Gasteiger partial charge in [-0.2, -0.15) is 0 Å². The summed E-state index contributed by atoms with van der Waals surface area (Å²) in [7, 11) is -3.60. The van der Waals surface area contributed by atoms with Gasteiger partial charge in [0.1, 0.15) is 15.7 Å². The van der Waals surface area contributed by atoms with Crippen molar-refractivity contribution in [3.63, 3.8) is 0 Å². The summed E-state index contributed by atoms with van der Waals surface area (Å²) in [6.45, 7) is 0. The van der Waals surface area contributed by atoms with Gasteiger partial charge in [0.05, 0.1) is 17.0 Å². The number of fused-ring (bicyclic) bond motifs is 2. The van der Waals surface area contributed by atoms with E-state index in [1.54, 1.807) is 0 Å². The third kappa shape index (κ3) is 5.46. The molecule has 0 radical (unpaired) electrons. The molecule has 0 unspecified atom stereocenters. The highest BCUT2D eigenvalue weighted by Gasteiger charge is 2.39. The van der Waals surface area contributed by atoms with Gasteiger partial charge in [-0.15, -0.1) is 13.2 Å². The van der Waals surface area contributed by atoms with E-state index >= 15 is 0 Å². The van der Waals surface area contributed by atoms with E-state index in [2.05, 4.69) is 38.6 Å². The standard InChI is InChI=1S/C27H28F3N3O3S/c28-27(29,30)36-20-14-16-21(17-15-20)37(31,35)32-22-8-5-11-25(26(22)34)33-23-9-3-1-6-18(23)12-13-19-7-2-4-10-24(19)33/h1-4,6-7,9-10,14-17,22,25-26,34H,5,8,11-13H2,(H2,31,32,35)/t22-,25-,26+,37+/m0/s1. The van der Waals surface area contributed by atoms with Crippen molar-refractivity contribution in [2.45, 2.75) is 61.5 Å². The summed E-state index contributed by atoms with van der Waals surface area (Å²) in [6.07, 6.45) is -2.05. The molecule has 0 saturated heterocycles. The fourth-order valence-corrected chi connectivity index (χ4v) is 6.69. The minimum absolute atomic E-state index is 0.0156. The average molecular weight is 532 g/mol. The smallest absolute Gasteiger partial charge is 0.406 e. The predicted octanol–water partition coefficient (Wildman–Crippen LogP) is 5.71. The lowest BCUT2D eigenvalue weighted by Crippen LogP contribution is -2.55. The van der Waals surface area contributed by atoms with Crippen LogP contribution in [0.25, 0.3) is 0 Å². The number of hydrogen-bond acceptors (Lipinski definition) is 5. The zero-order chi connectivity index (χ0) is 26.2. The molecule has 10 heteroatoms. The molecule has 37 heavy (non-hydrogen) atoms. The van der Waals surface area contributed by atoms with Gasteiger partial charge in [0.15, 0.2) is 0 Å². The largest absolute Gasteiger partial charge is 0.573 e. The zero-order valence-corrected chi connectivity index (χ0v) is 20.8. The second kappa shape index (κ2) is 10.00. The van der Waals surface area contributed by atoms with Gasteiger partial charge in [-0.05, 0) is 79.6 Å². The molecule has 1 aliphatic carbocycles. The van der Waals surface area contributed by atoms with Crippen molar-refractivity contribution in [3.8, 4) is 5.75 Å². The van der Waals surface area contributed by atoms with Crippen LogP contribution in [0.1, 0.15) is 30.4 Å². The molecule has 3 aromatic rings. The molecular weight excluding hydrogens is 503 g/mol. The molecule has 2 aliphatic rings. The van der Waals surface area contributed by atoms with E-state index in [0.29, 0.717) is 12.8 Å². The van der Waals surface area contributed by atoms with Crippen LogP contribution in [0.15, 0.2) is 77.7 Å². The Morgan fingerprint density at radius 2 is 1.49 bits per heavy atom. The molecule has 1 heterocycles. The molecule has 1 fully saturated rings. The molecule has 1 aliphatic heterocycles. The Balaban J connectivity index is 1.41. The SMILES string of the molecule is N=[S@@](=O)(N[C@H]1CCC[C@H](N2c3ccccc3CCc3ccccc32)[C@@H]1O)c1ccc(OC(F)(F)F)cc1. The summed E-state index contributed by atoms with van der Waals surface area (Å²) in [5.41, 5.74) is 4.44. The van der Waals surface area contributed by atoms with Crippen LogP contribution in [0.3, 0.4) is 0 Å². The van der Waals surface area contributed by atoms with Crippen molar-refractivity contribution in [1.29, 1.82) is 4.78 Å². The summed E-state index contributed by atoms with van der Waals surface area (Å²) in [5, 5.41) is 11.5. The summed E-state index contributed by atoms with van der Waals surface area (Å²) in [6, 6.07) is 19.7. The number of aliphatic hydroxyl groups excluding tert-OH is 1. The van der Waals surface area contributed by atoms with E-state index in [9.17, 15) is 22.5 Å². The van der Waals surface area contributed by atoms with Crippen LogP contribution < -0.4 is 14.4 Å². The zero-order valence-electron chi connectivity index (χ0n) is 19.9. The molecule has 4 atom stereocenters. The number of anilines is 2. The number of alkyl halides is 3. The average Bonchev–Trinajstić information content (AvgIpc) is 3.02. The number of nitrogens with zero attached hydrogens (tertiary/aromatic N) is 1. The Bertz CT molecular complexity index is 1320. The van der Waals surface area contributed by atoms with E-state index in [4.69, 9.17) is 4.78 Å². The van der Waals surface area contributed by atoms with Crippen LogP contribution >= 0.6 is 0 Å². The van der Waals surface area contributed by atoms with Gasteiger partial charge in [0, 0.05) is 17.4 Å². The molecule has 5 rings (SSSR count). The monoisotopic (exact) mass is 531 g/mol. The fourth-order valence-electron chi connectivity index (χ4n) is 5.35. The van der Waals surface area contributed by atoms with Crippen LogP contribution in [0, 0.1) is 4.78 Å². The number of benzene rings is 3. The summed E-state index contributed by atoms with van der Waals surface area (Å²) in [4.78, 5) is 2.20. The van der Waals surface area contributed by atoms with Gasteiger partial charge in [-0.3, -0.25) is 0 Å². The maximum Gasteiger partial charge on any atom is 0.573 e. The first-order chi connectivity index (χ1) is 17.6. The van der Waals surface area contributed by atoms with E-state index < -0.39 is 34.2 Å². The molecule has 0 amide bonds. The quantitative estimate of drug-likeness (QED) is 0.394. The Morgan fingerprint density at radius 3 is 2.05 bits per heavy atom. The first-order valence-electron chi connectivity index (χ1n) is 12.2. The van der Waals surface area contributed by atoms with E-state index in [-0.39, 0.29) is 10.9 Å². The van der Waals surface area contributed by atoms with E-state index in [1.165, 1.54) is 23.3 Å². The van der Waals surface area contributed by atoms with Gasteiger partial charge in [0.2, 0.25) is 0 Å². The number of aryl methyl sites for hydroxylation is 2. The lowest BCUT2D eigenvalue weighted by Gasteiger charge is -2.43. The van der Waals surface area contributed by atoms with Crippen molar-refractivity contribution in [1.82, 2.24) is 4.72 Å². The van der Waals surface area contributed by atoms with Gasteiger partial charge in [0.25, 0.3) is 0 Å². The fraction of sp³-hybridized carbons (Fsp3) is 0.333. The normalized spacial score (nSPS) is 23.4. The second-order valence-corrected chi connectivity index (χ2v) is 11.2. The van der Waals surface area contributed by atoms with Gasteiger partial charge >= 0.3 is 6.36 Å². The number of rotatable bonds is 5. The lowest BCUT2D eigenvalue weighted by molar-refractivity contribution is -0.274. The lowest BCUT2D eigenvalue weighted by atomic mass is 9.86. The maximum absolute atomic E-state index is 13.3. The third-order valence-electron chi connectivity index (χ3n) is 7.03. The van der Waals surface area contributed by atoms with Crippen molar-refractivity contribution in [3.05, 3.63) is 83.9 Å². The molecule has 0 bridgehead atoms. The van der Waals surface area contributed by atoms with E-state index in [1.807, 2.05) is 24.3 Å². The van der Waals surface area contributed by atoms with E-state index in [0.717, 1.165) is 42.8 Å². The molecule has 196 valence electrons. The van der Waals surface area contributed by atoms with Crippen LogP contribution in [0.5, 0.6) is 5.75 Å². The molecule has 0 aromatic heterocycles. The van der Waals surface area contributed by atoms with Crippen LogP contribution in [-0.4, -0.2) is 33.9 Å². The Labute approximate surface area is 214 Å². The second-order valence-electron chi connectivity index (χ2n) is 9.42. The number of ether oxygens (including phenoxy) is 1. The Hall–Kier alpha value is -3.08. The first kappa shape index (κ1) is 25.6. The minimum atomic E-state index is -4.84. The van der Waals surface area contributed by atoms with Crippen molar-refractivity contribution >= 4 is 21.3 Å². The van der Waals surface area contributed by atoms with Gasteiger partial charge in [-0.1, -0.05) is 36.4 Å². The minimum Gasteiger partial charge on any atom is -0.406 e. The molecule has 1 saturated carbocycles. The third-order valence-corrected chi connectivity index (χ3v) is 8.60. The number of para-hydroxylation sites is 2. The first-order valence-corrected chi connectivity index (χ1v) is 13.7. The van der Waals surface area contributed by atoms with Crippen LogP contribution in [0.4, 0.5) is 24.5 Å².